The fourth-order valence-electron chi connectivity index (χ4n) is 2.12. The minimum atomic E-state index is 0.655. The number of imidazole rings is 1. The molecule has 1 N–H and O–H groups in total. The average molecular weight is 401 g/mol. The Kier molecular flexibility index (Phi) is 3.41. The van der Waals surface area contributed by atoms with E-state index in [4.69, 9.17) is 23.8 Å². The van der Waals surface area contributed by atoms with Gasteiger partial charge in [-0.05, 0) is 77.6 Å². The molecule has 0 saturated heterocycles. The molecule has 0 aliphatic heterocycles. The number of nitrogens with zero attached hydrogens (tertiary/aromatic N) is 1. The van der Waals surface area contributed by atoms with E-state index in [1.165, 1.54) is 3.57 Å². The fourth-order valence-corrected chi connectivity index (χ4v) is 3.23. The maximum absolute atomic E-state index is 6.34. The number of halogens is 2. The van der Waals surface area contributed by atoms with Gasteiger partial charge in [0.25, 0.3) is 0 Å². The molecule has 5 heteroatoms. The van der Waals surface area contributed by atoms with Gasteiger partial charge in [-0.1, -0.05) is 17.7 Å². The number of H-pyrrole nitrogens is 1. The summed E-state index contributed by atoms with van der Waals surface area (Å²) in [4.78, 5) is 3.22. The predicted octanol–water partition coefficient (Wildman–Crippen LogP) is 5.25. The monoisotopic (exact) mass is 400 g/mol. The van der Waals surface area contributed by atoms with Crippen LogP contribution in [0, 0.1) is 15.3 Å². The van der Waals surface area contributed by atoms with Crippen LogP contribution >= 0.6 is 46.4 Å². The van der Waals surface area contributed by atoms with E-state index in [0.717, 1.165) is 22.3 Å². The van der Waals surface area contributed by atoms with Crippen LogP contribution in [0.25, 0.3) is 16.7 Å². The Labute approximate surface area is 134 Å². The maximum atomic E-state index is 6.34. The van der Waals surface area contributed by atoms with Crippen LogP contribution in [0.1, 0.15) is 5.56 Å². The van der Waals surface area contributed by atoms with Crippen molar-refractivity contribution in [2.75, 3.05) is 0 Å². The Bertz CT molecular complexity index is 835. The van der Waals surface area contributed by atoms with Crippen molar-refractivity contribution in [2.45, 2.75) is 6.92 Å². The highest BCUT2D eigenvalue weighted by atomic mass is 127. The van der Waals surface area contributed by atoms with Gasteiger partial charge in [-0.15, -0.1) is 0 Å². The molecule has 96 valence electrons. The SMILES string of the molecule is Cc1ccc(-n2c(=S)[nH]c3cc(I)ccc32)c(Cl)c1. The van der Waals surface area contributed by atoms with E-state index in [1.54, 1.807) is 0 Å². The van der Waals surface area contributed by atoms with Gasteiger partial charge in [0.15, 0.2) is 4.77 Å². The lowest BCUT2D eigenvalue weighted by molar-refractivity contribution is 1.06. The van der Waals surface area contributed by atoms with Crippen LogP contribution in [0.15, 0.2) is 36.4 Å². The van der Waals surface area contributed by atoms with Gasteiger partial charge in [0.1, 0.15) is 0 Å². The van der Waals surface area contributed by atoms with Gasteiger partial charge in [-0.3, -0.25) is 4.57 Å². The number of hydrogen-bond donors (Lipinski definition) is 1. The number of benzene rings is 2. The van der Waals surface area contributed by atoms with Gasteiger partial charge in [0, 0.05) is 3.57 Å². The molecule has 3 aromatic rings. The lowest BCUT2D eigenvalue weighted by Gasteiger charge is -2.07. The zero-order valence-corrected chi connectivity index (χ0v) is 13.8. The summed E-state index contributed by atoms with van der Waals surface area (Å²) < 4.78 is 3.80. The van der Waals surface area contributed by atoms with E-state index in [1.807, 2.05) is 29.7 Å². The van der Waals surface area contributed by atoms with Crippen LogP contribution in [-0.4, -0.2) is 9.55 Å². The number of rotatable bonds is 1. The van der Waals surface area contributed by atoms with Crippen molar-refractivity contribution in [1.29, 1.82) is 0 Å². The average Bonchev–Trinajstić information content (AvgIpc) is 2.65. The topological polar surface area (TPSA) is 20.7 Å². The molecule has 0 saturated carbocycles. The quantitative estimate of drug-likeness (QED) is 0.437. The smallest absolute Gasteiger partial charge is 0.182 e. The van der Waals surface area contributed by atoms with Crippen molar-refractivity contribution in [3.63, 3.8) is 0 Å². The number of hydrogen-bond acceptors (Lipinski definition) is 1. The van der Waals surface area contributed by atoms with Crippen LogP contribution in [0.4, 0.5) is 0 Å². The first-order valence-electron chi connectivity index (χ1n) is 5.73. The normalized spacial score (nSPS) is 11.1. The van der Waals surface area contributed by atoms with Gasteiger partial charge in [-0.2, -0.15) is 0 Å². The third-order valence-corrected chi connectivity index (χ3v) is 4.25. The minimum absolute atomic E-state index is 0.655. The summed E-state index contributed by atoms with van der Waals surface area (Å²) in [6.07, 6.45) is 0. The summed E-state index contributed by atoms with van der Waals surface area (Å²) >= 11 is 14.0. The van der Waals surface area contributed by atoms with Crippen molar-refractivity contribution in [2.24, 2.45) is 0 Å². The number of aryl methyl sites for hydroxylation is 1. The highest BCUT2D eigenvalue weighted by molar-refractivity contribution is 14.1. The highest BCUT2D eigenvalue weighted by Crippen LogP contribution is 2.27. The lowest BCUT2D eigenvalue weighted by atomic mass is 10.2. The van der Waals surface area contributed by atoms with Crippen LogP contribution in [0.5, 0.6) is 0 Å². The largest absolute Gasteiger partial charge is 0.330 e. The van der Waals surface area contributed by atoms with E-state index >= 15 is 0 Å². The molecule has 0 atom stereocenters. The second-order valence-electron chi connectivity index (χ2n) is 4.38. The first-order chi connectivity index (χ1) is 9.06. The number of nitrogens with one attached hydrogen (secondary N) is 1. The number of aromatic amines is 1. The molecular formula is C14H10ClIN2S. The molecule has 2 aromatic carbocycles. The summed E-state index contributed by atoms with van der Waals surface area (Å²) in [6, 6.07) is 12.2. The second kappa shape index (κ2) is 4.92. The van der Waals surface area contributed by atoms with Crippen molar-refractivity contribution in [3.05, 3.63) is 55.3 Å². The van der Waals surface area contributed by atoms with E-state index in [0.29, 0.717) is 9.79 Å². The summed E-state index contributed by atoms with van der Waals surface area (Å²) in [5.74, 6) is 0. The van der Waals surface area contributed by atoms with Crippen molar-refractivity contribution >= 4 is 57.4 Å². The van der Waals surface area contributed by atoms with Crippen LogP contribution in [0.3, 0.4) is 0 Å². The summed E-state index contributed by atoms with van der Waals surface area (Å²) in [5.41, 5.74) is 4.10. The van der Waals surface area contributed by atoms with Crippen LogP contribution in [-0.2, 0) is 0 Å². The molecule has 1 aromatic heterocycles. The molecule has 3 rings (SSSR count). The fraction of sp³-hybridized carbons (Fsp3) is 0.0714. The second-order valence-corrected chi connectivity index (χ2v) is 6.42. The molecule has 0 aliphatic rings. The third-order valence-electron chi connectivity index (χ3n) is 2.99. The lowest BCUT2D eigenvalue weighted by Crippen LogP contribution is -1.95. The van der Waals surface area contributed by atoms with Crippen LogP contribution < -0.4 is 0 Å². The van der Waals surface area contributed by atoms with Gasteiger partial charge in [0.05, 0.1) is 21.7 Å². The molecule has 0 unspecified atom stereocenters. The van der Waals surface area contributed by atoms with Crippen molar-refractivity contribution in [3.8, 4) is 5.69 Å². The van der Waals surface area contributed by atoms with Gasteiger partial charge < -0.3 is 4.98 Å². The molecule has 1 heterocycles. The van der Waals surface area contributed by atoms with E-state index in [-0.39, 0.29) is 0 Å². The zero-order valence-electron chi connectivity index (χ0n) is 10.1. The van der Waals surface area contributed by atoms with Crippen molar-refractivity contribution < 1.29 is 0 Å². The van der Waals surface area contributed by atoms with E-state index < -0.39 is 0 Å². The molecule has 0 spiro atoms. The summed E-state index contributed by atoms with van der Waals surface area (Å²) in [6.45, 7) is 2.02. The van der Waals surface area contributed by atoms with Crippen LogP contribution in [0.2, 0.25) is 5.02 Å². The summed E-state index contributed by atoms with van der Waals surface area (Å²) in [7, 11) is 0. The van der Waals surface area contributed by atoms with Gasteiger partial charge in [-0.25, -0.2) is 0 Å². The number of aromatic nitrogens is 2. The molecule has 0 amide bonds. The zero-order chi connectivity index (χ0) is 13.6. The highest BCUT2D eigenvalue weighted by Gasteiger charge is 2.09. The third kappa shape index (κ3) is 2.32. The summed E-state index contributed by atoms with van der Waals surface area (Å²) in [5, 5.41) is 0.704. The Morgan fingerprint density at radius 2 is 2.00 bits per heavy atom. The molecule has 2 nitrogen and oxygen atoms in total. The molecule has 0 bridgehead atoms. The standard InChI is InChI=1S/C14H10ClIN2S/c1-8-2-4-12(10(15)6-8)18-13-5-3-9(16)7-11(13)17-14(18)19/h2-7H,1H3,(H,17,19). The predicted molar refractivity (Wildman–Crippen MR) is 90.9 cm³/mol. The molecule has 19 heavy (non-hydrogen) atoms. The Hall–Kier alpha value is -0.850. The Balaban J connectivity index is 2.36. The van der Waals surface area contributed by atoms with Crippen molar-refractivity contribution in [1.82, 2.24) is 9.55 Å². The molecule has 0 fully saturated rings. The van der Waals surface area contributed by atoms with E-state index in [9.17, 15) is 0 Å². The molecular weight excluding hydrogens is 391 g/mol. The first-order valence-corrected chi connectivity index (χ1v) is 7.59. The maximum Gasteiger partial charge on any atom is 0.182 e. The van der Waals surface area contributed by atoms with E-state index in [2.05, 4.69) is 45.8 Å². The minimum Gasteiger partial charge on any atom is -0.330 e. The molecule has 0 aliphatic carbocycles. The first kappa shape index (κ1) is 13.1. The molecule has 0 radical (unpaired) electrons. The Morgan fingerprint density at radius 1 is 1.21 bits per heavy atom. The Morgan fingerprint density at radius 3 is 2.74 bits per heavy atom. The van der Waals surface area contributed by atoms with Gasteiger partial charge >= 0.3 is 0 Å². The number of fused-ring (bicyclic) bond motifs is 1. The van der Waals surface area contributed by atoms with Gasteiger partial charge in [0.2, 0.25) is 0 Å².